The van der Waals surface area contributed by atoms with Crippen molar-refractivity contribution >= 4 is 5.57 Å². The third kappa shape index (κ3) is 3.55. The second kappa shape index (κ2) is 7.32. The molecule has 0 aliphatic heterocycles. The predicted octanol–water partition coefficient (Wildman–Crippen LogP) is 4.86. The maximum absolute atomic E-state index is 6.20. The van der Waals surface area contributed by atoms with E-state index in [0.29, 0.717) is 6.10 Å². The number of rotatable bonds is 5. The highest BCUT2D eigenvalue weighted by molar-refractivity contribution is 5.80. The quantitative estimate of drug-likeness (QED) is 0.790. The van der Waals surface area contributed by atoms with Crippen molar-refractivity contribution in [2.45, 2.75) is 38.7 Å². The van der Waals surface area contributed by atoms with Crippen molar-refractivity contribution in [3.8, 4) is 11.5 Å². The Balaban J connectivity index is 1.93. The molecule has 3 rings (SSSR count). The molecule has 1 heterocycles. The van der Waals surface area contributed by atoms with Gasteiger partial charge < -0.3 is 9.47 Å². The summed E-state index contributed by atoms with van der Waals surface area (Å²) in [5.41, 5.74) is 3.46. The largest absolute Gasteiger partial charge is 0.493 e. The Labute approximate surface area is 138 Å². The molecule has 120 valence electrons. The second-order valence-electron chi connectivity index (χ2n) is 5.83. The molecule has 2 aromatic rings. The third-order valence-corrected chi connectivity index (χ3v) is 4.35. The number of benzene rings is 1. The van der Waals surface area contributed by atoms with Crippen LogP contribution in [0.25, 0.3) is 5.57 Å². The van der Waals surface area contributed by atoms with Gasteiger partial charge in [0.1, 0.15) is 0 Å². The van der Waals surface area contributed by atoms with Gasteiger partial charge in [-0.1, -0.05) is 12.1 Å². The summed E-state index contributed by atoms with van der Waals surface area (Å²) in [6.07, 6.45) is 10.8. The Morgan fingerprint density at radius 1 is 1.04 bits per heavy atom. The summed E-state index contributed by atoms with van der Waals surface area (Å²) >= 11 is 0. The number of nitrogens with zero attached hydrogens (tertiary/aromatic N) is 1. The topological polar surface area (TPSA) is 31.4 Å². The summed E-state index contributed by atoms with van der Waals surface area (Å²) in [6.45, 7) is 2.05. The minimum absolute atomic E-state index is 0.314. The van der Waals surface area contributed by atoms with Crippen LogP contribution in [0.4, 0.5) is 0 Å². The summed E-state index contributed by atoms with van der Waals surface area (Å²) in [5, 5.41) is 0. The maximum atomic E-state index is 6.20. The van der Waals surface area contributed by atoms with E-state index in [0.717, 1.165) is 35.5 Å². The molecule has 1 aromatic heterocycles. The van der Waals surface area contributed by atoms with Crippen LogP contribution in [0.3, 0.4) is 0 Å². The molecular formula is C20H23NO2. The number of allylic oxidation sites excluding steroid dienone is 1. The van der Waals surface area contributed by atoms with Crippen molar-refractivity contribution in [3.63, 3.8) is 0 Å². The van der Waals surface area contributed by atoms with E-state index in [1.807, 2.05) is 30.6 Å². The van der Waals surface area contributed by atoms with Crippen LogP contribution in [-0.4, -0.2) is 18.2 Å². The van der Waals surface area contributed by atoms with Crippen molar-refractivity contribution < 1.29 is 9.47 Å². The Kier molecular flexibility index (Phi) is 4.96. The Hall–Kier alpha value is -2.29. The van der Waals surface area contributed by atoms with Crippen LogP contribution in [0, 0.1) is 0 Å². The van der Waals surface area contributed by atoms with Gasteiger partial charge in [-0.2, -0.15) is 0 Å². The van der Waals surface area contributed by atoms with E-state index in [1.165, 1.54) is 18.4 Å². The first kappa shape index (κ1) is 15.6. The van der Waals surface area contributed by atoms with Gasteiger partial charge in [0.05, 0.1) is 13.2 Å². The van der Waals surface area contributed by atoms with Crippen molar-refractivity contribution in [1.82, 2.24) is 4.98 Å². The monoisotopic (exact) mass is 309 g/mol. The molecule has 0 spiro atoms. The molecule has 1 fully saturated rings. The molecule has 0 N–H and O–H groups in total. The molecule has 1 saturated carbocycles. The number of methoxy groups -OCH3 is 1. The Morgan fingerprint density at radius 2 is 1.78 bits per heavy atom. The Morgan fingerprint density at radius 3 is 2.43 bits per heavy atom. The number of hydrogen-bond donors (Lipinski definition) is 0. The molecule has 3 nitrogen and oxygen atoms in total. The standard InChI is InChI=1S/C20H23NO2/c1-3-18(15-10-12-21-13-11-15)16-8-9-19(22-2)20(14-16)23-17-6-4-5-7-17/h3,8-14,17H,4-7H2,1-2H3. The summed E-state index contributed by atoms with van der Waals surface area (Å²) < 4.78 is 11.7. The summed E-state index contributed by atoms with van der Waals surface area (Å²) in [6, 6.07) is 10.2. The van der Waals surface area contributed by atoms with E-state index in [4.69, 9.17) is 9.47 Å². The molecule has 0 radical (unpaired) electrons. The molecule has 0 atom stereocenters. The molecule has 23 heavy (non-hydrogen) atoms. The van der Waals surface area contributed by atoms with Crippen molar-refractivity contribution in [2.75, 3.05) is 7.11 Å². The first-order chi connectivity index (χ1) is 11.3. The third-order valence-electron chi connectivity index (χ3n) is 4.35. The minimum Gasteiger partial charge on any atom is -0.493 e. The lowest BCUT2D eigenvalue weighted by molar-refractivity contribution is 0.201. The van der Waals surface area contributed by atoms with Crippen LogP contribution >= 0.6 is 0 Å². The molecule has 1 aliphatic rings. The molecule has 1 aliphatic carbocycles. The number of pyridine rings is 1. The van der Waals surface area contributed by atoms with E-state index in [1.54, 1.807) is 7.11 Å². The van der Waals surface area contributed by atoms with Gasteiger partial charge >= 0.3 is 0 Å². The van der Waals surface area contributed by atoms with Crippen LogP contribution in [0.15, 0.2) is 48.8 Å². The van der Waals surface area contributed by atoms with E-state index >= 15 is 0 Å². The van der Waals surface area contributed by atoms with Gasteiger partial charge in [0.15, 0.2) is 11.5 Å². The van der Waals surface area contributed by atoms with Crippen LogP contribution in [0.5, 0.6) is 11.5 Å². The van der Waals surface area contributed by atoms with Crippen LogP contribution in [-0.2, 0) is 0 Å². The average molecular weight is 309 g/mol. The number of aromatic nitrogens is 1. The molecular weight excluding hydrogens is 286 g/mol. The first-order valence-electron chi connectivity index (χ1n) is 8.23. The zero-order valence-corrected chi connectivity index (χ0v) is 13.8. The van der Waals surface area contributed by atoms with E-state index in [9.17, 15) is 0 Å². The fraction of sp³-hybridized carbons (Fsp3) is 0.350. The van der Waals surface area contributed by atoms with Crippen LogP contribution < -0.4 is 9.47 Å². The molecule has 1 aromatic carbocycles. The second-order valence-corrected chi connectivity index (χ2v) is 5.83. The van der Waals surface area contributed by atoms with Crippen molar-refractivity contribution in [3.05, 3.63) is 59.9 Å². The first-order valence-corrected chi connectivity index (χ1v) is 8.23. The highest BCUT2D eigenvalue weighted by atomic mass is 16.5. The normalized spacial score (nSPS) is 15.7. The lowest BCUT2D eigenvalue weighted by Crippen LogP contribution is -2.11. The van der Waals surface area contributed by atoms with Gasteiger partial charge in [0, 0.05) is 12.4 Å². The SMILES string of the molecule is CC=C(c1ccncc1)c1ccc(OC)c(OC2CCCC2)c1. The number of ether oxygens (including phenoxy) is 2. The molecule has 0 unspecified atom stereocenters. The summed E-state index contributed by atoms with van der Waals surface area (Å²) in [5.74, 6) is 1.64. The summed E-state index contributed by atoms with van der Waals surface area (Å²) in [4.78, 5) is 4.10. The predicted molar refractivity (Wildman–Crippen MR) is 92.9 cm³/mol. The van der Waals surface area contributed by atoms with Gasteiger partial charge in [-0.3, -0.25) is 4.98 Å². The maximum Gasteiger partial charge on any atom is 0.162 e. The average Bonchev–Trinajstić information content (AvgIpc) is 3.10. The van der Waals surface area contributed by atoms with E-state index in [2.05, 4.69) is 30.1 Å². The number of hydrogen-bond acceptors (Lipinski definition) is 3. The van der Waals surface area contributed by atoms with Crippen molar-refractivity contribution in [2.24, 2.45) is 0 Å². The zero-order valence-electron chi connectivity index (χ0n) is 13.8. The summed E-state index contributed by atoms with van der Waals surface area (Å²) in [7, 11) is 1.69. The smallest absolute Gasteiger partial charge is 0.162 e. The highest BCUT2D eigenvalue weighted by Gasteiger charge is 2.19. The molecule has 0 amide bonds. The van der Waals surface area contributed by atoms with Gasteiger partial charge in [-0.15, -0.1) is 0 Å². The molecule has 3 heteroatoms. The van der Waals surface area contributed by atoms with Crippen LogP contribution in [0.2, 0.25) is 0 Å². The Bertz CT molecular complexity index is 673. The lowest BCUT2D eigenvalue weighted by Gasteiger charge is -2.17. The van der Waals surface area contributed by atoms with Gasteiger partial charge in [-0.25, -0.2) is 0 Å². The highest BCUT2D eigenvalue weighted by Crippen LogP contribution is 2.35. The lowest BCUT2D eigenvalue weighted by atomic mass is 9.98. The zero-order chi connectivity index (χ0) is 16.1. The minimum atomic E-state index is 0.314. The van der Waals surface area contributed by atoms with Gasteiger partial charge in [-0.05, 0) is 73.6 Å². The fourth-order valence-electron chi connectivity index (χ4n) is 3.15. The fourth-order valence-corrected chi connectivity index (χ4v) is 3.15. The van der Waals surface area contributed by atoms with Gasteiger partial charge in [0.25, 0.3) is 0 Å². The van der Waals surface area contributed by atoms with Crippen molar-refractivity contribution in [1.29, 1.82) is 0 Å². The van der Waals surface area contributed by atoms with E-state index < -0.39 is 0 Å². The molecule has 0 saturated heterocycles. The van der Waals surface area contributed by atoms with Crippen LogP contribution in [0.1, 0.15) is 43.7 Å². The van der Waals surface area contributed by atoms with Gasteiger partial charge in [0.2, 0.25) is 0 Å². The van der Waals surface area contributed by atoms with E-state index in [-0.39, 0.29) is 0 Å². The molecule has 0 bridgehead atoms.